The molecule has 0 saturated heterocycles. The van der Waals surface area contributed by atoms with Crippen molar-refractivity contribution < 1.29 is 26.0 Å². The van der Waals surface area contributed by atoms with Crippen molar-refractivity contribution >= 4 is 31.3 Å². The normalized spacial score (nSPS) is 11.7. The van der Waals surface area contributed by atoms with Crippen LogP contribution in [0.1, 0.15) is 5.56 Å². The van der Waals surface area contributed by atoms with Gasteiger partial charge >= 0.3 is 0 Å². The van der Waals surface area contributed by atoms with Gasteiger partial charge in [0.2, 0.25) is 25.6 Å². The van der Waals surface area contributed by atoms with Gasteiger partial charge in [-0.15, -0.1) is 0 Å². The molecule has 0 aliphatic heterocycles. The highest BCUT2D eigenvalue weighted by Gasteiger charge is 2.24. The molecule has 0 saturated carbocycles. The van der Waals surface area contributed by atoms with E-state index in [1.54, 1.807) is 36.4 Å². The summed E-state index contributed by atoms with van der Waals surface area (Å²) in [4.78, 5) is 12.0. The Hall–Kier alpha value is -3.82. The van der Waals surface area contributed by atoms with Gasteiger partial charge in [-0.3, -0.25) is 4.79 Å². The summed E-state index contributed by atoms with van der Waals surface area (Å²) in [6.07, 6.45) is -0.114. The van der Waals surface area contributed by atoms with Crippen molar-refractivity contribution in [2.45, 2.75) is 26.0 Å². The second-order valence-corrected chi connectivity index (χ2v) is 11.6. The van der Waals surface area contributed by atoms with Gasteiger partial charge in [0.15, 0.2) is 0 Å². The third kappa shape index (κ3) is 5.47. The average Bonchev–Trinajstić information content (AvgIpc) is 2.86. The maximum Gasteiger partial charge on any atom is 0.228 e. The Kier molecular flexibility index (Phi) is 6.81. The van der Waals surface area contributed by atoms with E-state index in [1.165, 1.54) is 60.7 Å². The zero-order valence-corrected chi connectivity index (χ0v) is 19.9. The zero-order valence-electron chi connectivity index (χ0n) is 18.3. The highest BCUT2D eigenvalue weighted by atomic mass is 32.2. The minimum Gasteiger partial charge on any atom is -0.326 e. The van der Waals surface area contributed by atoms with Gasteiger partial charge in [-0.2, -0.15) is 0 Å². The summed E-state index contributed by atoms with van der Waals surface area (Å²) in [5.74, 6) is -0.960. The van der Waals surface area contributed by atoms with E-state index in [2.05, 4.69) is 5.32 Å². The van der Waals surface area contributed by atoms with Gasteiger partial charge < -0.3 is 5.32 Å². The van der Waals surface area contributed by atoms with E-state index < -0.39 is 31.4 Å². The number of hydrogen-bond acceptors (Lipinski definition) is 5. The van der Waals surface area contributed by atoms with Crippen LogP contribution >= 0.6 is 0 Å². The molecule has 0 bridgehead atoms. The van der Waals surface area contributed by atoms with Crippen molar-refractivity contribution in [2.75, 3.05) is 5.32 Å². The molecule has 0 aliphatic carbocycles. The van der Waals surface area contributed by atoms with Crippen molar-refractivity contribution in [3.8, 4) is 0 Å². The summed E-state index contributed by atoms with van der Waals surface area (Å²) in [5, 5.41) is 2.57. The van der Waals surface area contributed by atoms with E-state index in [-0.39, 0.29) is 31.7 Å². The number of nitrogens with one attached hydrogen (secondary N) is 1. The lowest BCUT2D eigenvalue weighted by Crippen LogP contribution is -2.16. The highest BCUT2D eigenvalue weighted by Crippen LogP contribution is 2.30. The molecule has 1 N–H and O–H groups in total. The molecule has 178 valence electrons. The van der Waals surface area contributed by atoms with E-state index in [1.807, 2.05) is 0 Å². The lowest BCUT2D eigenvalue weighted by Gasteiger charge is -2.13. The molecule has 4 aromatic carbocycles. The summed E-state index contributed by atoms with van der Waals surface area (Å²) in [6.45, 7) is 0. The van der Waals surface area contributed by atoms with Crippen molar-refractivity contribution in [1.82, 2.24) is 0 Å². The van der Waals surface area contributed by atoms with Gasteiger partial charge in [-0.1, -0.05) is 48.5 Å². The number of anilines is 1. The monoisotopic (exact) mass is 509 g/mol. The SMILES string of the molecule is O=C(Cc1ccc(F)cc1)Nc1cc(S(=O)(=O)c2ccccc2)cc(S(=O)(=O)c2ccccc2)c1. The first-order chi connectivity index (χ1) is 16.7. The molecule has 0 aliphatic rings. The van der Waals surface area contributed by atoms with Gasteiger partial charge in [0.05, 0.1) is 26.0 Å². The molecule has 35 heavy (non-hydrogen) atoms. The summed E-state index contributed by atoms with van der Waals surface area (Å²) >= 11 is 0. The van der Waals surface area contributed by atoms with Crippen LogP contribution in [-0.2, 0) is 30.9 Å². The van der Waals surface area contributed by atoms with Crippen LogP contribution < -0.4 is 5.32 Å². The van der Waals surface area contributed by atoms with Crippen molar-refractivity contribution in [3.63, 3.8) is 0 Å². The molecule has 0 aromatic heterocycles. The van der Waals surface area contributed by atoms with Gasteiger partial charge in [0.1, 0.15) is 5.82 Å². The predicted molar refractivity (Wildman–Crippen MR) is 129 cm³/mol. The summed E-state index contributed by atoms with van der Waals surface area (Å²) in [7, 11) is -8.17. The number of rotatable bonds is 7. The van der Waals surface area contributed by atoms with Crippen LogP contribution in [0.15, 0.2) is 123 Å². The molecule has 0 fully saturated rings. The Balaban J connectivity index is 1.77. The van der Waals surface area contributed by atoms with E-state index in [0.717, 1.165) is 6.07 Å². The minimum atomic E-state index is -4.08. The Morgan fingerprint density at radius 3 is 1.54 bits per heavy atom. The van der Waals surface area contributed by atoms with Gasteiger partial charge in [-0.05, 0) is 60.2 Å². The number of amides is 1. The fraction of sp³-hybridized carbons (Fsp3) is 0.0385. The summed E-state index contributed by atoms with van der Waals surface area (Å²) in [6, 6.07) is 24.0. The first-order valence-electron chi connectivity index (χ1n) is 10.5. The highest BCUT2D eigenvalue weighted by molar-refractivity contribution is 7.92. The molecule has 0 unspecified atom stereocenters. The van der Waals surface area contributed by atoms with E-state index >= 15 is 0 Å². The van der Waals surface area contributed by atoms with Crippen molar-refractivity contribution in [3.05, 3.63) is 115 Å². The molecule has 4 aromatic rings. The number of hydrogen-bond donors (Lipinski definition) is 1. The van der Waals surface area contributed by atoms with Crippen LogP contribution in [0.4, 0.5) is 10.1 Å². The largest absolute Gasteiger partial charge is 0.326 e. The first kappa shape index (κ1) is 24.3. The predicted octanol–water partition coefficient (Wildman–Crippen LogP) is 4.67. The maximum atomic E-state index is 13.3. The van der Waals surface area contributed by atoms with E-state index in [0.29, 0.717) is 5.56 Å². The van der Waals surface area contributed by atoms with E-state index in [4.69, 9.17) is 0 Å². The molecule has 0 spiro atoms. The fourth-order valence-corrected chi connectivity index (χ4v) is 6.20. The summed E-state index contributed by atoms with van der Waals surface area (Å²) < 4.78 is 66.2. The molecule has 4 rings (SSSR count). The maximum absolute atomic E-state index is 13.3. The Morgan fingerprint density at radius 2 is 1.09 bits per heavy atom. The van der Waals surface area contributed by atoms with Crippen molar-refractivity contribution in [1.29, 1.82) is 0 Å². The molecule has 9 heteroatoms. The molecule has 0 atom stereocenters. The van der Waals surface area contributed by atoms with Crippen molar-refractivity contribution in [2.24, 2.45) is 0 Å². The second kappa shape index (κ2) is 9.81. The Bertz CT molecular complexity index is 1480. The smallest absolute Gasteiger partial charge is 0.228 e. The van der Waals surface area contributed by atoms with Crippen LogP contribution in [0.25, 0.3) is 0 Å². The molecule has 0 radical (unpaired) electrons. The standard InChI is InChI=1S/C26H20FNO5S2/c27-20-13-11-19(12-14-20)15-26(29)28-21-16-24(34(30,31)22-7-3-1-4-8-22)18-25(17-21)35(32,33)23-9-5-2-6-10-23/h1-14,16-18H,15H2,(H,28,29). The van der Waals surface area contributed by atoms with Crippen LogP contribution in [0.2, 0.25) is 0 Å². The Labute approximate surface area is 202 Å². The lowest BCUT2D eigenvalue weighted by atomic mass is 10.1. The van der Waals surface area contributed by atoms with Crippen LogP contribution in [0.5, 0.6) is 0 Å². The quantitative estimate of drug-likeness (QED) is 0.390. The molecular formula is C26H20FNO5S2. The number of halogens is 1. The molecule has 6 nitrogen and oxygen atoms in total. The topological polar surface area (TPSA) is 97.4 Å². The van der Waals surface area contributed by atoms with Crippen LogP contribution in [0, 0.1) is 5.82 Å². The van der Waals surface area contributed by atoms with Gasteiger partial charge in [0, 0.05) is 5.69 Å². The van der Waals surface area contributed by atoms with Crippen LogP contribution in [0.3, 0.4) is 0 Å². The van der Waals surface area contributed by atoms with Gasteiger partial charge in [-0.25, -0.2) is 21.2 Å². The molecule has 1 amide bonds. The van der Waals surface area contributed by atoms with Crippen LogP contribution in [-0.4, -0.2) is 22.7 Å². The minimum absolute atomic E-state index is 0.00336. The number of carbonyl (C=O) groups is 1. The fourth-order valence-electron chi connectivity index (χ4n) is 3.42. The third-order valence-electron chi connectivity index (χ3n) is 5.17. The summed E-state index contributed by atoms with van der Waals surface area (Å²) in [5.41, 5.74) is 0.540. The lowest BCUT2D eigenvalue weighted by molar-refractivity contribution is -0.115. The number of sulfone groups is 2. The average molecular weight is 510 g/mol. The number of benzene rings is 4. The van der Waals surface area contributed by atoms with E-state index in [9.17, 15) is 26.0 Å². The number of carbonyl (C=O) groups excluding carboxylic acids is 1. The second-order valence-electron chi connectivity index (χ2n) is 7.68. The zero-order chi connectivity index (χ0) is 25.1. The third-order valence-corrected chi connectivity index (χ3v) is 8.67. The Morgan fingerprint density at radius 1 is 0.629 bits per heavy atom. The molecular weight excluding hydrogens is 489 g/mol. The molecule has 0 heterocycles. The first-order valence-corrected chi connectivity index (χ1v) is 13.4. The van der Waals surface area contributed by atoms with Gasteiger partial charge in [0.25, 0.3) is 0 Å².